The van der Waals surface area contributed by atoms with Crippen molar-refractivity contribution in [2.75, 3.05) is 4.90 Å². The van der Waals surface area contributed by atoms with E-state index in [0.717, 1.165) is 21.3 Å². The highest BCUT2D eigenvalue weighted by Crippen LogP contribution is 2.36. The van der Waals surface area contributed by atoms with Crippen LogP contribution in [0.15, 0.2) is 98.4 Å². The number of amidine groups is 1. The van der Waals surface area contributed by atoms with Crippen molar-refractivity contribution in [1.82, 2.24) is 0 Å². The van der Waals surface area contributed by atoms with Crippen LogP contribution in [0.5, 0.6) is 0 Å². The number of halogens is 2. The van der Waals surface area contributed by atoms with Crippen LogP contribution in [0.25, 0.3) is 6.08 Å². The van der Waals surface area contributed by atoms with Gasteiger partial charge in [0.1, 0.15) is 0 Å². The molecule has 0 saturated carbocycles. The molecule has 1 saturated heterocycles. The number of benzene rings is 3. The zero-order valence-corrected chi connectivity index (χ0v) is 18.7. The summed E-state index contributed by atoms with van der Waals surface area (Å²) in [7, 11) is 0. The predicted molar refractivity (Wildman–Crippen MR) is 130 cm³/mol. The summed E-state index contributed by atoms with van der Waals surface area (Å²) < 4.78 is 0.986. The quantitative estimate of drug-likeness (QED) is 0.232. The molecule has 0 atom stereocenters. The molecular formula is C23H15BrClN3OS. The predicted octanol–water partition coefficient (Wildman–Crippen LogP) is 6.61. The summed E-state index contributed by atoms with van der Waals surface area (Å²) in [4.78, 5) is 15.3. The monoisotopic (exact) mass is 495 g/mol. The van der Waals surface area contributed by atoms with E-state index in [9.17, 15) is 4.79 Å². The van der Waals surface area contributed by atoms with Crippen LogP contribution in [0, 0.1) is 0 Å². The largest absolute Gasteiger partial charge is 0.271 e. The Kier molecular flexibility index (Phi) is 6.47. The smallest absolute Gasteiger partial charge is 0.268 e. The van der Waals surface area contributed by atoms with E-state index in [0.29, 0.717) is 15.1 Å². The van der Waals surface area contributed by atoms with E-state index in [4.69, 9.17) is 11.6 Å². The first-order valence-corrected chi connectivity index (χ1v) is 11.0. The molecule has 0 N–H and O–H groups in total. The molecule has 30 heavy (non-hydrogen) atoms. The van der Waals surface area contributed by atoms with Crippen LogP contribution in [0.3, 0.4) is 0 Å². The number of amides is 1. The van der Waals surface area contributed by atoms with Gasteiger partial charge in [-0.25, -0.2) is 0 Å². The number of carbonyl (C=O) groups is 1. The highest BCUT2D eigenvalue weighted by atomic mass is 79.9. The van der Waals surface area contributed by atoms with Gasteiger partial charge in [0.05, 0.1) is 16.8 Å². The third-order valence-corrected chi connectivity index (χ3v) is 5.95. The Labute approximate surface area is 192 Å². The number of nitrogens with zero attached hydrogens (tertiary/aromatic N) is 3. The molecule has 0 aromatic heterocycles. The molecule has 0 aliphatic carbocycles. The molecule has 4 rings (SSSR count). The van der Waals surface area contributed by atoms with E-state index in [-0.39, 0.29) is 5.91 Å². The van der Waals surface area contributed by atoms with E-state index in [2.05, 4.69) is 26.1 Å². The van der Waals surface area contributed by atoms with Crippen molar-refractivity contribution >= 4 is 68.3 Å². The van der Waals surface area contributed by atoms with Gasteiger partial charge in [-0.1, -0.05) is 70.0 Å². The molecule has 3 aromatic carbocycles. The van der Waals surface area contributed by atoms with Gasteiger partial charge in [-0.3, -0.25) is 9.69 Å². The number of hydrogen-bond donors (Lipinski definition) is 0. The van der Waals surface area contributed by atoms with Gasteiger partial charge in [-0.05, 0) is 65.4 Å². The number of thioether (sulfide) groups is 1. The van der Waals surface area contributed by atoms with Crippen molar-refractivity contribution in [3.05, 3.63) is 104 Å². The lowest BCUT2D eigenvalue weighted by atomic mass is 10.2. The molecule has 1 aliphatic heterocycles. The van der Waals surface area contributed by atoms with Crippen LogP contribution in [-0.2, 0) is 4.79 Å². The van der Waals surface area contributed by atoms with Crippen molar-refractivity contribution < 1.29 is 4.79 Å². The molecule has 148 valence electrons. The first-order chi connectivity index (χ1) is 14.6. The Hall–Kier alpha value is -2.67. The zero-order valence-electron chi connectivity index (χ0n) is 15.6. The molecule has 1 heterocycles. The molecule has 1 aliphatic rings. The number of rotatable bonds is 4. The summed E-state index contributed by atoms with van der Waals surface area (Å²) in [5, 5.41) is 9.68. The molecular weight excluding hydrogens is 482 g/mol. The molecule has 0 unspecified atom stereocenters. The van der Waals surface area contributed by atoms with Gasteiger partial charge >= 0.3 is 0 Å². The summed E-state index contributed by atoms with van der Waals surface area (Å²) in [6, 6.07) is 24.5. The molecule has 0 bridgehead atoms. The molecule has 3 aromatic rings. The maximum atomic E-state index is 13.1. The van der Waals surface area contributed by atoms with Gasteiger partial charge in [0.2, 0.25) is 5.17 Å². The standard InChI is InChI=1S/C23H15BrClN3OS/c24-18-10-6-16(7-11-18)14-21-22(29)28(20-4-2-1-3-5-20)23(30-21)27-26-15-17-8-12-19(25)13-9-17/h1-15H/b21-14+,26-15-,27-23-. The van der Waals surface area contributed by atoms with Crippen molar-refractivity contribution in [2.45, 2.75) is 0 Å². The van der Waals surface area contributed by atoms with Crippen LogP contribution in [0.4, 0.5) is 5.69 Å². The average molecular weight is 497 g/mol. The lowest BCUT2D eigenvalue weighted by Crippen LogP contribution is -2.28. The Morgan fingerprint density at radius 2 is 1.57 bits per heavy atom. The fraction of sp³-hybridized carbons (Fsp3) is 0. The maximum Gasteiger partial charge on any atom is 0.271 e. The highest BCUT2D eigenvalue weighted by Gasteiger charge is 2.34. The first-order valence-electron chi connectivity index (χ1n) is 9.01. The van der Waals surface area contributed by atoms with Gasteiger partial charge in [-0.2, -0.15) is 5.10 Å². The van der Waals surface area contributed by atoms with E-state index in [1.54, 1.807) is 23.2 Å². The summed E-state index contributed by atoms with van der Waals surface area (Å²) in [5.41, 5.74) is 2.55. The molecule has 0 radical (unpaired) electrons. The van der Waals surface area contributed by atoms with Gasteiger partial charge in [0, 0.05) is 9.50 Å². The van der Waals surface area contributed by atoms with Crippen molar-refractivity contribution in [2.24, 2.45) is 10.2 Å². The molecule has 0 spiro atoms. The third-order valence-electron chi connectivity index (χ3n) is 4.21. The van der Waals surface area contributed by atoms with Gasteiger partial charge in [0.25, 0.3) is 5.91 Å². The van der Waals surface area contributed by atoms with Crippen LogP contribution in [0.1, 0.15) is 11.1 Å². The van der Waals surface area contributed by atoms with E-state index >= 15 is 0 Å². The third kappa shape index (κ3) is 4.90. The Morgan fingerprint density at radius 3 is 2.27 bits per heavy atom. The number of para-hydroxylation sites is 1. The number of hydrogen-bond acceptors (Lipinski definition) is 4. The second-order valence-corrected chi connectivity index (χ2v) is 8.68. The summed E-state index contributed by atoms with van der Waals surface area (Å²) in [6.07, 6.45) is 3.49. The minimum absolute atomic E-state index is 0.130. The minimum atomic E-state index is -0.130. The van der Waals surface area contributed by atoms with Crippen LogP contribution >= 0.6 is 39.3 Å². The zero-order chi connectivity index (χ0) is 20.9. The Balaban J connectivity index is 1.66. The van der Waals surface area contributed by atoms with E-state index in [1.807, 2.05) is 72.8 Å². The first kappa shape index (κ1) is 20.6. The van der Waals surface area contributed by atoms with Crippen LogP contribution < -0.4 is 4.90 Å². The summed E-state index contributed by atoms with van der Waals surface area (Å²) >= 11 is 10.6. The molecule has 1 amide bonds. The van der Waals surface area contributed by atoms with Crippen molar-refractivity contribution in [1.29, 1.82) is 0 Å². The second kappa shape index (κ2) is 9.43. The van der Waals surface area contributed by atoms with E-state index < -0.39 is 0 Å². The normalized spacial score (nSPS) is 16.9. The Bertz CT molecular complexity index is 1140. The fourth-order valence-electron chi connectivity index (χ4n) is 2.75. The lowest BCUT2D eigenvalue weighted by molar-refractivity contribution is -0.113. The minimum Gasteiger partial charge on any atom is -0.268 e. The molecule has 7 heteroatoms. The number of carbonyl (C=O) groups excluding carboxylic acids is 1. The summed E-state index contributed by atoms with van der Waals surface area (Å²) in [6.45, 7) is 0. The highest BCUT2D eigenvalue weighted by molar-refractivity contribution is 9.10. The van der Waals surface area contributed by atoms with Crippen molar-refractivity contribution in [3.63, 3.8) is 0 Å². The summed E-state index contributed by atoms with van der Waals surface area (Å²) in [5.74, 6) is -0.130. The molecule has 1 fully saturated rings. The number of anilines is 1. The SMILES string of the molecule is O=C1/C(=C\c2ccc(Br)cc2)S/C(=N\N=C/c2ccc(Cl)cc2)N1c1ccccc1. The average Bonchev–Trinajstić information content (AvgIpc) is 3.07. The van der Waals surface area contributed by atoms with Crippen molar-refractivity contribution in [3.8, 4) is 0 Å². The fourth-order valence-corrected chi connectivity index (χ4v) is 4.08. The maximum absolute atomic E-state index is 13.1. The van der Waals surface area contributed by atoms with Gasteiger partial charge in [0.15, 0.2) is 0 Å². The van der Waals surface area contributed by atoms with Crippen LogP contribution in [0.2, 0.25) is 5.02 Å². The Morgan fingerprint density at radius 1 is 0.900 bits per heavy atom. The second-order valence-electron chi connectivity index (χ2n) is 6.32. The van der Waals surface area contributed by atoms with Gasteiger partial charge in [-0.15, -0.1) is 5.10 Å². The van der Waals surface area contributed by atoms with Gasteiger partial charge < -0.3 is 0 Å². The topological polar surface area (TPSA) is 45.0 Å². The van der Waals surface area contributed by atoms with E-state index in [1.165, 1.54) is 11.8 Å². The lowest BCUT2D eigenvalue weighted by Gasteiger charge is -2.14. The molecule has 4 nitrogen and oxygen atoms in total. The van der Waals surface area contributed by atoms with Crippen LogP contribution in [-0.4, -0.2) is 17.3 Å².